The number of carbonyl (C=O) groups is 2. The van der Waals surface area contributed by atoms with Crippen molar-refractivity contribution in [1.29, 1.82) is 0 Å². The van der Waals surface area contributed by atoms with E-state index in [1.54, 1.807) is 18.3 Å². The van der Waals surface area contributed by atoms with Gasteiger partial charge in [-0.3, -0.25) is 19.5 Å². The number of hydrogen-bond donors (Lipinski definition) is 1. The molecule has 1 aliphatic heterocycles. The van der Waals surface area contributed by atoms with E-state index in [1.807, 2.05) is 60.7 Å². The number of benzene rings is 2. The van der Waals surface area contributed by atoms with E-state index in [1.165, 1.54) is 11.8 Å². The van der Waals surface area contributed by atoms with Crippen LogP contribution in [0.3, 0.4) is 0 Å². The van der Waals surface area contributed by atoms with Crippen molar-refractivity contribution < 1.29 is 9.59 Å². The Kier molecular flexibility index (Phi) is 4.72. The Bertz CT molecular complexity index is 1080. The monoisotopic (exact) mass is 383 g/mol. The van der Waals surface area contributed by atoms with Crippen molar-refractivity contribution >= 4 is 23.1 Å². The normalized spacial score (nSPS) is 17.7. The summed E-state index contributed by atoms with van der Waals surface area (Å²) in [4.78, 5) is 32.5. The molecule has 5 nitrogen and oxygen atoms in total. The highest BCUT2D eigenvalue weighted by Crippen LogP contribution is 2.51. The van der Waals surface area contributed by atoms with Gasteiger partial charge in [0, 0.05) is 25.2 Å². The van der Waals surface area contributed by atoms with Crippen molar-refractivity contribution in [3.63, 3.8) is 0 Å². The lowest BCUT2D eigenvalue weighted by atomic mass is 9.84. The zero-order chi connectivity index (χ0) is 20.4. The fourth-order valence-electron chi connectivity index (χ4n) is 3.95. The zero-order valence-corrected chi connectivity index (χ0v) is 16.1. The highest BCUT2D eigenvalue weighted by atomic mass is 16.2. The number of carbonyl (C=O) groups excluding carboxylic acids is 2. The molecule has 1 aliphatic rings. The molecule has 1 unspecified atom stereocenters. The number of nitrogens with one attached hydrogen (secondary N) is 1. The molecule has 2 aromatic carbocycles. The minimum atomic E-state index is -1.44. The molecule has 0 radical (unpaired) electrons. The minimum Gasteiger partial charge on any atom is -0.349 e. The number of aromatic nitrogens is 1. The number of amides is 2. The maximum atomic E-state index is 13.7. The summed E-state index contributed by atoms with van der Waals surface area (Å²) < 4.78 is 0. The molecule has 5 heteroatoms. The van der Waals surface area contributed by atoms with Crippen LogP contribution in [0.15, 0.2) is 85.6 Å². The van der Waals surface area contributed by atoms with Gasteiger partial charge in [0.1, 0.15) is 0 Å². The van der Waals surface area contributed by atoms with Crippen LogP contribution in [0.5, 0.6) is 0 Å². The van der Waals surface area contributed by atoms with Crippen LogP contribution in [-0.4, -0.2) is 16.8 Å². The van der Waals surface area contributed by atoms with Crippen LogP contribution in [0.1, 0.15) is 23.7 Å². The third kappa shape index (κ3) is 2.91. The van der Waals surface area contributed by atoms with Crippen LogP contribution in [0.25, 0.3) is 5.57 Å². The second-order valence-electron chi connectivity index (χ2n) is 6.94. The van der Waals surface area contributed by atoms with Crippen LogP contribution in [0.2, 0.25) is 0 Å². The SMILES string of the molecule is C=C1c2ccccc2N(C(C)=O)C1(C(=O)NCc1ccccc1)c1ccccn1. The van der Waals surface area contributed by atoms with Crippen LogP contribution >= 0.6 is 0 Å². The smallest absolute Gasteiger partial charge is 0.257 e. The summed E-state index contributed by atoms with van der Waals surface area (Å²) in [7, 11) is 0. The second-order valence-corrected chi connectivity index (χ2v) is 6.94. The van der Waals surface area contributed by atoms with Gasteiger partial charge in [-0.2, -0.15) is 0 Å². The summed E-state index contributed by atoms with van der Waals surface area (Å²) in [6.45, 7) is 6.03. The Labute approximate surface area is 169 Å². The van der Waals surface area contributed by atoms with E-state index in [9.17, 15) is 9.59 Å². The predicted octanol–water partition coefficient (Wildman–Crippen LogP) is 3.67. The van der Waals surface area contributed by atoms with Gasteiger partial charge >= 0.3 is 0 Å². The summed E-state index contributed by atoms with van der Waals surface area (Å²) in [6.07, 6.45) is 1.62. The lowest BCUT2D eigenvalue weighted by Crippen LogP contribution is -2.56. The standard InChI is InChI=1S/C24H21N3O2/c1-17-20-12-6-7-13-21(20)27(18(2)28)24(17,22-14-8-9-15-25-22)23(29)26-16-19-10-4-3-5-11-19/h3-15H,1,16H2,2H3,(H,26,29). The van der Waals surface area contributed by atoms with Crippen LogP contribution < -0.4 is 10.2 Å². The summed E-state index contributed by atoms with van der Waals surface area (Å²) >= 11 is 0. The van der Waals surface area contributed by atoms with Gasteiger partial charge in [-0.1, -0.05) is 61.2 Å². The van der Waals surface area contributed by atoms with Gasteiger partial charge in [-0.05, 0) is 29.3 Å². The summed E-state index contributed by atoms with van der Waals surface area (Å²) in [5.41, 5.74) is 1.95. The Morgan fingerprint density at radius 1 is 1.00 bits per heavy atom. The summed E-state index contributed by atoms with van der Waals surface area (Å²) in [5.74, 6) is -0.590. The Hall–Kier alpha value is -3.73. The number of rotatable bonds is 4. The largest absolute Gasteiger partial charge is 0.349 e. The number of nitrogens with zero attached hydrogens (tertiary/aromatic N) is 2. The van der Waals surface area contributed by atoms with Crippen molar-refractivity contribution in [2.45, 2.75) is 19.0 Å². The van der Waals surface area contributed by atoms with Crippen LogP contribution in [-0.2, 0) is 21.7 Å². The lowest BCUT2D eigenvalue weighted by molar-refractivity contribution is -0.128. The minimum absolute atomic E-state index is 0.253. The molecule has 0 saturated carbocycles. The molecular formula is C24H21N3O2. The van der Waals surface area contributed by atoms with E-state index in [0.29, 0.717) is 23.5 Å². The molecule has 0 aliphatic carbocycles. The lowest BCUT2D eigenvalue weighted by Gasteiger charge is -2.37. The van der Waals surface area contributed by atoms with Crippen molar-refractivity contribution in [2.75, 3.05) is 4.90 Å². The maximum Gasteiger partial charge on any atom is 0.257 e. The maximum absolute atomic E-state index is 13.7. The second kappa shape index (κ2) is 7.36. The first-order chi connectivity index (χ1) is 14.1. The van der Waals surface area contributed by atoms with Gasteiger partial charge in [-0.25, -0.2) is 0 Å². The van der Waals surface area contributed by atoms with Gasteiger partial charge < -0.3 is 5.32 Å². The molecule has 2 amide bonds. The first-order valence-electron chi connectivity index (χ1n) is 9.40. The van der Waals surface area contributed by atoms with E-state index >= 15 is 0 Å². The Balaban J connectivity index is 1.85. The van der Waals surface area contributed by atoms with Gasteiger partial charge in [0.15, 0.2) is 5.54 Å². The zero-order valence-electron chi connectivity index (χ0n) is 16.1. The van der Waals surface area contributed by atoms with Gasteiger partial charge in [0.25, 0.3) is 5.91 Å². The predicted molar refractivity (Wildman–Crippen MR) is 113 cm³/mol. The number of anilines is 1. The third-order valence-electron chi connectivity index (χ3n) is 5.22. The van der Waals surface area contributed by atoms with E-state index < -0.39 is 5.54 Å². The molecule has 3 aromatic rings. The number of hydrogen-bond acceptors (Lipinski definition) is 3. The van der Waals surface area contributed by atoms with Crippen molar-refractivity contribution in [2.24, 2.45) is 0 Å². The molecule has 2 heterocycles. The van der Waals surface area contributed by atoms with Crippen molar-refractivity contribution in [3.8, 4) is 0 Å². The van der Waals surface area contributed by atoms with E-state index in [4.69, 9.17) is 0 Å². The van der Waals surface area contributed by atoms with Gasteiger partial charge in [-0.15, -0.1) is 0 Å². The van der Waals surface area contributed by atoms with E-state index in [2.05, 4.69) is 16.9 Å². The van der Waals surface area contributed by atoms with Gasteiger partial charge in [0.2, 0.25) is 5.91 Å². The number of para-hydroxylation sites is 1. The fraction of sp³-hybridized carbons (Fsp3) is 0.125. The Morgan fingerprint density at radius 3 is 2.38 bits per heavy atom. The highest BCUT2D eigenvalue weighted by Gasteiger charge is 2.56. The molecule has 0 bridgehead atoms. The highest BCUT2D eigenvalue weighted by molar-refractivity contribution is 6.17. The van der Waals surface area contributed by atoms with Gasteiger partial charge in [0.05, 0.1) is 11.4 Å². The average Bonchev–Trinajstić information content (AvgIpc) is 3.03. The molecule has 0 fully saturated rings. The summed E-state index contributed by atoms with van der Waals surface area (Å²) in [6, 6.07) is 22.4. The summed E-state index contributed by atoms with van der Waals surface area (Å²) in [5, 5.41) is 3.00. The molecule has 4 rings (SSSR count). The molecule has 1 atom stereocenters. The van der Waals surface area contributed by atoms with E-state index in [-0.39, 0.29) is 11.8 Å². The Morgan fingerprint density at radius 2 is 1.69 bits per heavy atom. The topological polar surface area (TPSA) is 62.3 Å². The van der Waals surface area contributed by atoms with E-state index in [0.717, 1.165) is 11.1 Å². The van der Waals surface area contributed by atoms with Crippen molar-refractivity contribution in [1.82, 2.24) is 10.3 Å². The molecule has 144 valence electrons. The first kappa shape index (κ1) is 18.6. The molecule has 29 heavy (non-hydrogen) atoms. The quantitative estimate of drug-likeness (QED) is 0.748. The number of pyridine rings is 1. The molecular weight excluding hydrogens is 362 g/mol. The van der Waals surface area contributed by atoms with Crippen LogP contribution in [0, 0.1) is 0 Å². The van der Waals surface area contributed by atoms with Crippen molar-refractivity contribution in [3.05, 3.63) is 102 Å². The molecule has 1 N–H and O–H groups in total. The molecule has 1 aromatic heterocycles. The molecule has 0 saturated heterocycles. The average molecular weight is 383 g/mol. The molecule has 0 spiro atoms. The number of fused-ring (bicyclic) bond motifs is 1. The first-order valence-corrected chi connectivity index (χ1v) is 9.40. The van der Waals surface area contributed by atoms with Crippen LogP contribution in [0.4, 0.5) is 5.69 Å². The fourth-order valence-corrected chi connectivity index (χ4v) is 3.95. The third-order valence-corrected chi connectivity index (χ3v) is 5.22.